The van der Waals surface area contributed by atoms with Crippen LogP contribution in [0.15, 0.2) is 18.2 Å². The van der Waals surface area contributed by atoms with Crippen molar-refractivity contribution in [3.63, 3.8) is 0 Å². The number of hydrogen-bond donors (Lipinski definition) is 0. The van der Waals surface area contributed by atoms with Gasteiger partial charge in [0.25, 0.3) is 0 Å². The Morgan fingerprint density at radius 1 is 0.279 bits per heavy atom. The van der Waals surface area contributed by atoms with Gasteiger partial charge < -0.3 is 0 Å². The lowest BCUT2D eigenvalue weighted by molar-refractivity contribution is 0.531. The molecule has 0 unspecified atom stereocenters. The molecule has 0 radical (unpaired) electrons. The van der Waals surface area contributed by atoms with Gasteiger partial charge in [-0.15, -0.1) is 0 Å². The predicted molar refractivity (Wildman–Crippen MR) is 198 cm³/mol. The minimum atomic E-state index is 1.28. The van der Waals surface area contributed by atoms with Gasteiger partial charge in [0.2, 0.25) is 0 Å². The average molecular weight is 597 g/mol. The van der Waals surface area contributed by atoms with E-state index in [4.69, 9.17) is 0 Å². The Hall–Kier alpha value is -0.780. The van der Waals surface area contributed by atoms with Crippen LogP contribution < -0.4 is 0 Å². The van der Waals surface area contributed by atoms with Crippen LogP contribution in [0.1, 0.15) is 237 Å². The summed E-state index contributed by atoms with van der Waals surface area (Å²) in [5.41, 5.74) is 5.07. The summed E-state index contributed by atoms with van der Waals surface area (Å²) in [6.45, 7) is 6.98. The van der Waals surface area contributed by atoms with Crippen LogP contribution in [0.3, 0.4) is 0 Å². The van der Waals surface area contributed by atoms with Crippen LogP contribution in [0.5, 0.6) is 0 Å². The van der Waals surface area contributed by atoms with Crippen LogP contribution in [0.4, 0.5) is 0 Å². The van der Waals surface area contributed by atoms with Crippen molar-refractivity contribution in [3.05, 3.63) is 34.9 Å². The van der Waals surface area contributed by atoms with Crippen molar-refractivity contribution >= 4 is 0 Å². The second kappa shape index (κ2) is 32.6. The standard InChI is InChI=1S/C43H80/c1-4-7-9-11-13-15-17-19-21-23-25-27-29-31-33-37-41-39-35-40-42(43(41)36-6-3)38-34-32-30-28-26-24-22-20-18-16-14-12-10-8-5-2/h35,39-40H,4-34,36-38H2,1-3H3. The summed E-state index contributed by atoms with van der Waals surface area (Å²) in [5.74, 6) is 0. The molecule has 1 aromatic carbocycles. The van der Waals surface area contributed by atoms with Gasteiger partial charge in [-0.1, -0.05) is 225 Å². The van der Waals surface area contributed by atoms with E-state index in [9.17, 15) is 0 Å². The Morgan fingerprint density at radius 2 is 0.535 bits per heavy atom. The number of benzene rings is 1. The molecule has 0 atom stereocenters. The largest absolute Gasteiger partial charge is 0.0654 e. The molecule has 0 heterocycles. The molecule has 0 heteroatoms. The van der Waals surface area contributed by atoms with Crippen molar-refractivity contribution in [3.8, 4) is 0 Å². The zero-order valence-corrected chi connectivity index (χ0v) is 30.3. The SMILES string of the molecule is CCCCCCCCCCCCCCCCCc1cccc(CCCCCCCCCCCCCCCCC)c1CCC. The molecule has 0 bridgehead atoms. The highest BCUT2D eigenvalue weighted by atomic mass is 14.1. The lowest BCUT2D eigenvalue weighted by Crippen LogP contribution is -2.01. The van der Waals surface area contributed by atoms with Gasteiger partial charge in [0, 0.05) is 0 Å². The number of hydrogen-bond acceptors (Lipinski definition) is 0. The van der Waals surface area contributed by atoms with Gasteiger partial charge in [-0.05, 0) is 48.8 Å². The molecular formula is C43H80. The Balaban J connectivity index is 2.05. The maximum atomic E-state index is 2.45. The molecule has 1 rings (SSSR count). The molecule has 0 spiro atoms. The van der Waals surface area contributed by atoms with E-state index in [1.165, 1.54) is 218 Å². The molecular weight excluding hydrogens is 516 g/mol. The summed E-state index contributed by atoms with van der Waals surface area (Å²) in [6.07, 6.45) is 48.7. The molecule has 0 amide bonds. The van der Waals surface area contributed by atoms with Crippen molar-refractivity contribution in [2.45, 2.75) is 239 Å². The second-order valence-electron chi connectivity index (χ2n) is 14.2. The Labute approximate surface area is 273 Å². The highest BCUT2D eigenvalue weighted by Crippen LogP contribution is 2.23. The zero-order chi connectivity index (χ0) is 30.9. The van der Waals surface area contributed by atoms with Gasteiger partial charge in [0.05, 0.1) is 0 Å². The summed E-state index contributed by atoms with van der Waals surface area (Å²) in [6, 6.07) is 7.26. The first-order valence-electron chi connectivity index (χ1n) is 20.4. The molecule has 0 aliphatic carbocycles. The van der Waals surface area contributed by atoms with E-state index in [2.05, 4.69) is 39.0 Å². The van der Waals surface area contributed by atoms with Gasteiger partial charge in [-0.3, -0.25) is 0 Å². The Kier molecular flexibility index (Phi) is 30.5. The fraction of sp³-hybridized carbons (Fsp3) is 0.860. The lowest BCUT2D eigenvalue weighted by atomic mass is 9.91. The van der Waals surface area contributed by atoms with Gasteiger partial charge in [0.15, 0.2) is 0 Å². The molecule has 0 fully saturated rings. The van der Waals surface area contributed by atoms with Crippen molar-refractivity contribution in [1.82, 2.24) is 0 Å². The summed E-state index contributed by atoms with van der Waals surface area (Å²) < 4.78 is 0. The number of aryl methyl sites for hydroxylation is 2. The Morgan fingerprint density at radius 3 is 0.791 bits per heavy atom. The average Bonchev–Trinajstić information content (AvgIpc) is 3.02. The monoisotopic (exact) mass is 597 g/mol. The quantitative estimate of drug-likeness (QED) is 0.0694. The van der Waals surface area contributed by atoms with Gasteiger partial charge in [0.1, 0.15) is 0 Å². The number of rotatable bonds is 34. The predicted octanol–water partition coefficient (Wildman–Crippen LogP) is 15.5. The van der Waals surface area contributed by atoms with Crippen LogP contribution in [0.25, 0.3) is 0 Å². The molecule has 1 aromatic rings. The van der Waals surface area contributed by atoms with Gasteiger partial charge in [-0.25, -0.2) is 0 Å². The zero-order valence-electron chi connectivity index (χ0n) is 30.3. The van der Waals surface area contributed by atoms with E-state index in [1.807, 2.05) is 0 Å². The summed E-state index contributed by atoms with van der Waals surface area (Å²) in [7, 11) is 0. The van der Waals surface area contributed by atoms with E-state index in [0.717, 1.165) is 0 Å². The first-order chi connectivity index (χ1) is 21.3. The van der Waals surface area contributed by atoms with Crippen LogP contribution in [0, 0.1) is 0 Å². The lowest BCUT2D eigenvalue weighted by Gasteiger charge is -2.15. The van der Waals surface area contributed by atoms with E-state index < -0.39 is 0 Å². The first kappa shape index (κ1) is 40.2. The van der Waals surface area contributed by atoms with Crippen LogP contribution in [0.2, 0.25) is 0 Å². The van der Waals surface area contributed by atoms with E-state index in [1.54, 1.807) is 16.7 Å². The maximum Gasteiger partial charge on any atom is -0.0276 e. The third-order valence-corrected chi connectivity index (χ3v) is 9.97. The molecule has 0 aliphatic rings. The van der Waals surface area contributed by atoms with Crippen LogP contribution in [-0.2, 0) is 19.3 Å². The molecule has 0 aromatic heterocycles. The third kappa shape index (κ3) is 25.1. The smallest absolute Gasteiger partial charge is 0.0276 e. The summed E-state index contributed by atoms with van der Waals surface area (Å²) in [5, 5.41) is 0. The molecule has 0 N–H and O–H groups in total. The van der Waals surface area contributed by atoms with Gasteiger partial charge >= 0.3 is 0 Å². The topological polar surface area (TPSA) is 0 Å². The highest BCUT2D eigenvalue weighted by molar-refractivity contribution is 5.36. The van der Waals surface area contributed by atoms with E-state index in [-0.39, 0.29) is 0 Å². The van der Waals surface area contributed by atoms with Crippen molar-refractivity contribution in [2.24, 2.45) is 0 Å². The van der Waals surface area contributed by atoms with Crippen LogP contribution in [-0.4, -0.2) is 0 Å². The second-order valence-corrected chi connectivity index (χ2v) is 14.2. The fourth-order valence-electron chi connectivity index (χ4n) is 7.10. The van der Waals surface area contributed by atoms with Crippen molar-refractivity contribution < 1.29 is 0 Å². The molecule has 0 aliphatic heterocycles. The van der Waals surface area contributed by atoms with E-state index in [0.29, 0.717) is 0 Å². The number of unbranched alkanes of at least 4 members (excludes halogenated alkanes) is 28. The van der Waals surface area contributed by atoms with Crippen LogP contribution >= 0.6 is 0 Å². The minimum absolute atomic E-state index is 1.28. The molecule has 252 valence electrons. The minimum Gasteiger partial charge on any atom is -0.0654 e. The molecule has 0 nitrogen and oxygen atoms in total. The fourth-order valence-corrected chi connectivity index (χ4v) is 7.10. The van der Waals surface area contributed by atoms with Crippen molar-refractivity contribution in [2.75, 3.05) is 0 Å². The molecule has 43 heavy (non-hydrogen) atoms. The van der Waals surface area contributed by atoms with E-state index >= 15 is 0 Å². The molecule has 0 saturated carbocycles. The first-order valence-corrected chi connectivity index (χ1v) is 20.4. The van der Waals surface area contributed by atoms with Gasteiger partial charge in [-0.2, -0.15) is 0 Å². The third-order valence-electron chi connectivity index (χ3n) is 9.97. The summed E-state index contributed by atoms with van der Waals surface area (Å²) >= 11 is 0. The maximum absolute atomic E-state index is 2.45. The summed E-state index contributed by atoms with van der Waals surface area (Å²) in [4.78, 5) is 0. The normalized spacial score (nSPS) is 11.5. The Bertz CT molecular complexity index is 620. The van der Waals surface area contributed by atoms with Crippen molar-refractivity contribution in [1.29, 1.82) is 0 Å². The highest BCUT2D eigenvalue weighted by Gasteiger charge is 2.08. The molecule has 0 saturated heterocycles.